The average molecular weight is 421 g/mol. The van der Waals surface area contributed by atoms with Crippen molar-refractivity contribution in [3.8, 4) is 0 Å². The Morgan fingerprint density at radius 2 is 0.600 bits per heavy atom. The maximum atomic E-state index is 8.33. The quantitative estimate of drug-likeness (QED) is 0.342. The molecule has 0 N–H and O–H groups in total. The molecular formula is C3BaCaCuO9. The van der Waals surface area contributed by atoms with Gasteiger partial charge in [-0.25, -0.2) is 0 Å². The Bertz CT molecular complexity index is 123. The third kappa shape index (κ3) is 1950. The summed E-state index contributed by atoms with van der Waals surface area (Å²) in [5, 5.41) is 50.0. The monoisotopic (exact) mass is 421 g/mol. The van der Waals surface area contributed by atoms with Gasteiger partial charge in [-0.1, -0.05) is 0 Å². The SMILES string of the molecule is O=C([O-])[O-].O=C([O-])[O-].O=C([O-])[O-].[Ba+2].[Ca+2].[Cu+2]. The second-order valence-corrected chi connectivity index (χ2v) is 0.750. The van der Waals surface area contributed by atoms with Gasteiger partial charge in [-0.15, -0.1) is 0 Å². The minimum Gasteiger partial charge on any atom is -0.652 e. The van der Waals surface area contributed by atoms with E-state index in [1.54, 1.807) is 0 Å². The van der Waals surface area contributed by atoms with Gasteiger partial charge < -0.3 is 45.0 Å². The van der Waals surface area contributed by atoms with E-state index < -0.39 is 18.5 Å². The van der Waals surface area contributed by atoms with Gasteiger partial charge in [0.1, 0.15) is 0 Å². The van der Waals surface area contributed by atoms with Crippen molar-refractivity contribution >= 4 is 105 Å². The molecule has 0 heterocycles. The van der Waals surface area contributed by atoms with Gasteiger partial charge in [-0.05, 0) is 18.5 Å². The number of carbonyl (C=O) groups excluding carboxylic acids is 3. The number of rotatable bonds is 0. The number of carbonyl (C=O) groups is 3. The standard InChI is InChI=1S/3CH2O3.Ba.Ca.Cu/c3*2-1(3)4;;;/h3*(H2,2,3,4);;;/q;;;3*+2/p-6. The van der Waals surface area contributed by atoms with Gasteiger partial charge in [0.15, 0.2) is 0 Å². The summed E-state index contributed by atoms with van der Waals surface area (Å²) in [5.41, 5.74) is 0. The van der Waals surface area contributed by atoms with E-state index in [1.165, 1.54) is 0 Å². The van der Waals surface area contributed by atoms with E-state index in [4.69, 9.17) is 45.0 Å². The van der Waals surface area contributed by atoms with Crippen molar-refractivity contribution in [2.45, 2.75) is 0 Å². The normalized spacial score (nSPS) is 4.80. The fourth-order valence-electron chi connectivity index (χ4n) is 0. The number of hydrogen-bond donors (Lipinski definition) is 0. The van der Waals surface area contributed by atoms with Crippen molar-refractivity contribution in [2.24, 2.45) is 0 Å². The Morgan fingerprint density at radius 1 is 0.600 bits per heavy atom. The van der Waals surface area contributed by atoms with E-state index in [0.717, 1.165) is 0 Å². The Labute approximate surface area is 164 Å². The predicted molar refractivity (Wildman–Crippen MR) is 27.7 cm³/mol. The molecule has 15 heavy (non-hydrogen) atoms. The van der Waals surface area contributed by atoms with E-state index in [2.05, 4.69) is 0 Å². The van der Waals surface area contributed by atoms with Gasteiger partial charge in [0.05, 0.1) is 0 Å². The molecule has 0 atom stereocenters. The van der Waals surface area contributed by atoms with Crippen LogP contribution in [0, 0.1) is 0 Å². The largest absolute Gasteiger partial charge is 2.00 e. The molecule has 0 saturated heterocycles. The third-order valence-corrected chi connectivity index (χ3v) is 0. The summed E-state index contributed by atoms with van der Waals surface area (Å²) in [7, 11) is 0. The van der Waals surface area contributed by atoms with Crippen LogP contribution >= 0.6 is 0 Å². The molecule has 0 aromatic rings. The second-order valence-electron chi connectivity index (χ2n) is 0.750. The minimum absolute atomic E-state index is 0. The fraction of sp³-hybridized carbons (Fsp3) is 0. The van der Waals surface area contributed by atoms with Crippen LogP contribution in [-0.2, 0) is 17.1 Å². The third-order valence-electron chi connectivity index (χ3n) is 0. The van der Waals surface area contributed by atoms with Gasteiger partial charge in [0.2, 0.25) is 0 Å². The molecule has 0 aromatic heterocycles. The zero-order valence-electron chi connectivity index (χ0n) is 6.89. The van der Waals surface area contributed by atoms with Crippen molar-refractivity contribution in [1.82, 2.24) is 0 Å². The van der Waals surface area contributed by atoms with Gasteiger partial charge >= 0.3 is 104 Å². The molecule has 0 fully saturated rings. The molecule has 12 heteroatoms. The maximum absolute atomic E-state index is 8.33. The van der Waals surface area contributed by atoms with Crippen molar-refractivity contribution in [2.75, 3.05) is 0 Å². The molecule has 0 aliphatic carbocycles. The van der Waals surface area contributed by atoms with Crippen molar-refractivity contribution in [3.63, 3.8) is 0 Å². The summed E-state index contributed by atoms with van der Waals surface area (Å²) in [6.45, 7) is 0. The van der Waals surface area contributed by atoms with Crippen LogP contribution in [0.2, 0.25) is 0 Å². The molecule has 0 rings (SSSR count). The van der Waals surface area contributed by atoms with Crippen LogP contribution in [0.15, 0.2) is 0 Å². The zero-order valence-corrected chi connectivity index (χ0v) is 14.5. The molecule has 0 unspecified atom stereocenters. The van der Waals surface area contributed by atoms with Gasteiger partial charge in [0, 0.05) is 0 Å². The Kier molecular flexibility index (Phi) is 70.6. The van der Waals surface area contributed by atoms with Crippen LogP contribution in [-0.4, -0.2) is 105 Å². The van der Waals surface area contributed by atoms with E-state index in [0.29, 0.717) is 0 Å². The first-order valence-corrected chi connectivity index (χ1v) is 1.84. The molecule has 0 aliphatic heterocycles. The number of carboxylic acid groups (broad SMARTS) is 6. The van der Waals surface area contributed by atoms with Crippen molar-refractivity contribution in [3.05, 3.63) is 0 Å². The van der Waals surface area contributed by atoms with Crippen molar-refractivity contribution < 1.29 is 62.1 Å². The van der Waals surface area contributed by atoms with Crippen LogP contribution in [0.1, 0.15) is 0 Å². The molecule has 0 amide bonds. The summed E-state index contributed by atoms with van der Waals surface area (Å²) in [6.07, 6.45) is -7.00. The topological polar surface area (TPSA) is 190 Å². The van der Waals surface area contributed by atoms with Crippen LogP contribution < -0.4 is 30.6 Å². The van der Waals surface area contributed by atoms with Gasteiger partial charge in [0.25, 0.3) is 0 Å². The van der Waals surface area contributed by atoms with Crippen LogP contribution in [0.5, 0.6) is 0 Å². The summed E-state index contributed by atoms with van der Waals surface area (Å²) in [6, 6.07) is 0. The van der Waals surface area contributed by atoms with E-state index >= 15 is 0 Å². The zero-order chi connectivity index (χ0) is 10.7. The predicted octanol–water partition coefficient (Wildman–Crippen LogP) is -8.11. The molecule has 81 valence electrons. The van der Waals surface area contributed by atoms with Crippen molar-refractivity contribution in [1.29, 1.82) is 0 Å². The van der Waals surface area contributed by atoms with Crippen LogP contribution in [0.3, 0.4) is 0 Å². The van der Waals surface area contributed by atoms with Gasteiger partial charge in [-0.3, -0.25) is 0 Å². The maximum Gasteiger partial charge on any atom is 2.00 e. The first-order chi connectivity index (χ1) is 5.20. The summed E-state index contributed by atoms with van der Waals surface area (Å²) in [4.78, 5) is 25.0. The fourth-order valence-corrected chi connectivity index (χ4v) is 0. The average Bonchev–Trinajstić information content (AvgIpc) is 1.54. The Morgan fingerprint density at radius 3 is 0.600 bits per heavy atom. The molecule has 0 bridgehead atoms. The summed E-state index contributed by atoms with van der Waals surface area (Å²) in [5.74, 6) is 0. The van der Waals surface area contributed by atoms with Crippen LogP contribution in [0.4, 0.5) is 14.4 Å². The molecule has 1 radical (unpaired) electrons. The molecule has 0 spiro atoms. The molecule has 0 saturated carbocycles. The number of hydrogen-bond acceptors (Lipinski definition) is 9. The molecule has 0 aliphatic rings. The van der Waals surface area contributed by atoms with E-state index in [9.17, 15) is 0 Å². The van der Waals surface area contributed by atoms with E-state index in [-0.39, 0.29) is 104 Å². The smallest absolute Gasteiger partial charge is 0.652 e. The Balaban J connectivity index is -0.0000000184. The molecular weight excluding hydrogens is 421 g/mol. The first-order valence-electron chi connectivity index (χ1n) is 1.84. The minimum atomic E-state index is -2.33. The summed E-state index contributed by atoms with van der Waals surface area (Å²) >= 11 is 0. The Hall–Kier alpha value is 1.16. The van der Waals surface area contributed by atoms with Crippen LogP contribution in [0.25, 0.3) is 0 Å². The van der Waals surface area contributed by atoms with Gasteiger partial charge in [-0.2, -0.15) is 0 Å². The van der Waals surface area contributed by atoms with E-state index in [1.807, 2.05) is 0 Å². The summed E-state index contributed by atoms with van der Waals surface area (Å²) < 4.78 is 0. The first kappa shape index (κ1) is 36.0. The second kappa shape index (κ2) is 29.4. The molecule has 0 aromatic carbocycles. The molecule has 9 nitrogen and oxygen atoms in total.